The summed E-state index contributed by atoms with van der Waals surface area (Å²) in [6, 6.07) is 4.92. The van der Waals surface area contributed by atoms with Gasteiger partial charge in [0.2, 0.25) is 0 Å². The lowest BCUT2D eigenvalue weighted by Crippen LogP contribution is -2.30. The fourth-order valence-electron chi connectivity index (χ4n) is 1.91. The maximum Gasteiger partial charge on any atom is 0.148 e. The second-order valence-electron chi connectivity index (χ2n) is 3.76. The summed E-state index contributed by atoms with van der Waals surface area (Å²) in [5.74, 6) is -0.202. The number of hydrogen-bond donors (Lipinski definition) is 1. The van der Waals surface area contributed by atoms with Crippen molar-refractivity contribution < 1.29 is 4.39 Å². The Morgan fingerprint density at radius 3 is 2.40 bits per heavy atom. The average Bonchev–Trinajstić information content (AvgIpc) is 2.19. The van der Waals surface area contributed by atoms with Gasteiger partial charge >= 0.3 is 0 Å². The number of halogens is 2. The summed E-state index contributed by atoms with van der Waals surface area (Å²) in [5, 5.41) is 0. The number of nitrogen functional groups attached to an aromatic ring is 1. The van der Waals surface area contributed by atoms with Crippen molar-refractivity contribution in [2.45, 2.75) is 19.3 Å². The van der Waals surface area contributed by atoms with Crippen molar-refractivity contribution in [2.24, 2.45) is 0 Å². The Morgan fingerprint density at radius 2 is 1.80 bits per heavy atom. The first-order valence-electron chi connectivity index (χ1n) is 5.07. The standard InChI is InChI=1S/C11H15FN2.ClH/c12-10-8-9(13)4-5-11(10)14-6-2-1-3-7-14;/h4-5,8H,1-3,6-7,13H2;1H. The number of nitrogens with two attached hydrogens (primary N) is 1. The second kappa shape index (κ2) is 5.21. The predicted molar refractivity (Wildman–Crippen MR) is 64.1 cm³/mol. The van der Waals surface area contributed by atoms with Crippen LogP contribution in [-0.2, 0) is 0 Å². The molecule has 0 aromatic heterocycles. The number of piperidine rings is 1. The summed E-state index contributed by atoms with van der Waals surface area (Å²) in [4.78, 5) is 2.10. The van der Waals surface area contributed by atoms with Crippen LogP contribution in [0, 0.1) is 5.82 Å². The third kappa shape index (κ3) is 2.75. The lowest BCUT2D eigenvalue weighted by molar-refractivity contribution is 0.557. The van der Waals surface area contributed by atoms with E-state index in [0.717, 1.165) is 25.9 Å². The van der Waals surface area contributed by atoms with E-state index in [2.05, 4.69) is 4.90 Å². The highest BCUT2D eigenvalue weighted by atomic mass is 35.5. The van der Waals surface area contributed by atoms with Gasteiger partial charge in [-0.25, -0.2) is 4.39 Å². The highest BCUT2D eigenvalue weighted by Gasteiger charge is 2.14. The Kier molecular flexibility index (Phi) is 4.21. The van der Waals surface area contributed by atoms with Crippen LogP contribution >= 0.6 is 12.4 Å². The minimum Gasteiger partial charge on any atom is -0.399 e. The SMILES string of the molecule is Cl.Nc1ccc(N2CCCCC2)c(F)c1. The highest BCUT2D eigenvalue weighted by molar-refractivity contribution is 5.85. The quantitative estimate of drug-likeness (QED) is 0.752. The van der Waals surface area contributed by atoms with E-state index in [-0.39, 0.29) is 18.2 Å². The fourth-order valence-corrected chi connectivity index (χ4v) is 1.91. The molecule has 1 aromatic rings. The summed E-state index contributed by atoms with van der Waals surface area (Å²) < 4.78 is 13.5. The van der Waals surface area contributed by atoms with Crippen LogP contribution in [0.5, 0.6) is 0 Å². The molecule has 1 saturated heterocycles. The topological polar surface area (TPSA) is 29.3 Å². The number of rotatable bonds is 1. The van der Waals surface area contributed by atoms with Crippen LogP contribution in [0.1, 0.15) is 19.3 Å². The minimum absolute atomic E-state index is 0. The lowest BCUT2D eigenvalue weighted by Gasteiger charge is -2.29. The fraction of sp³-hybridized carbons (Fsp3) is 0.455. The molecule has 84 valence electrons. The Morgan fingerprint density at radius 1 is 1.13 bits per heavy atom. The first-order chi connectivity index (χ1) is 6.77. The molecule has 0 unspecified atom stereocenters. The van der Waals surface area contributed by atoms with Gasteiger partial charge in [-0.05, 0) is 37.5 Å². The Hall–Kier alpha value is -0.960. The molecular formula is C11H16ClFN2. The molecule has 1 heterocycles. The molecule has 1 aromatic carbocycles. The van der Waals surface area contributed by atoms with Crippen molar-refractivity contribution in [2.75, 3.05) is 23.7 Å². The van der Waals surface area contributed by atoms with Crippen LogP contribution in [0.4, 0.5) is 15.8 Å². The summed E-state index contributed by atoms with van der Waals surface area (Å²) in [5.41, 5.74) is 6.68. The zero-order valence-electron chi connectivity index (χ0n) is 8.58. The molecule has 1 fully saturated rings. The van der Waals surface area contributed by atoms with E-state index in [4.69, 9.17) is 5.73 Å². The molecule has 0 saturated carbocycles. The number of hydrogen-bond acceptors (Lipinski definition) is 2. The highest BCUT2D eigenvalue weighted by Crippen LogP contribution is 2.24. The molecular weight excluding hydrogens is 215 g/mol. The van der Waals surface area contributed by atoms with Crippen LogP contribution in [0.3, 0.4) is 0 Å². The first kappa shape index (κ1) is 12.1. The number of benzene rings is 1. The summed E-state index contributed by atoms with van der Waals surface area (Å²) in [7, 11) is 0. The normalized spacial score (nSPS) is 15.9. The van der Waals surface area contributed by atoms with Gasteiger partial charge in [0.15, 0.2) is 0 Å². The second-order valence-corrected chi connectivity index (χ2v) is 3.76. The predicted octanol–water partition coefficient (Wildman–Crippen LogP) is 2.82. The van der Waals surface area contributed by atoms with Crippen LogP contribution in [0.2, 0.25) is 0 Å². The van der Waals surface area contributed by atoms with E-state index in [1.54, 1.807) is 12.1 Å². The molecule has 0 amide bonds. The molecule has 1 aliphatic heterocycles. The Bertz CT molecular complexity index is 324. The number of nitrogens with zero attached hydrogens (tertiary/aromatic N) is 1. The van der Waals surface area contributed by atoms with E-state index >= 15 is 0 Å². The van der Waals surface area contributed by atoms with Crippen LogP contribution in [-0.4, -0.2) is 13.1 Å². The molecule has 4 heteroatoms. The van der Waals surface area contributed by atoms with Gasteiger partial charge in [-0.15, -0.1) is 12.4 Å². The zero-order chi connectivity index (χ0) is 9.97. The average molecular weight is 231 g/mol. The van der Waals surface area contributed by atoms with E-state index in [1.807, 2.05) is 0 Å². The van der Waals surface area contributed by atoms with Crippen molar-refractivity contribution >= 4 is 23.8 Å². The minimum atomic E-state index is -0.202. The van der Waals surface area contributed by atoms with Crippen molar-refractivity contribution in [1.29, 1.82) is 0 Å². The molecule has 2 rings (SSSR count). The van der Waals surface area contributed by atoms with Crippen LogP contribution in [0.25, 0.3) is 0 Å². The van der Waals surface area contributed by atoms with E-state index in [0.29, 0.717) is 11.4 Å². The Balaban J connectivity index is 0.00000112. The van der Waals surface area contributed by atoms with Crippen LogP contribution in [0.15, 0.2) is 18.2 Å². The molecule has 0 aliphatic carbocycles. The van der Waals surface area contributed by atoms with Gasteiger partial charge in [0.25, 0.3) is 0 Å². The molecule has 0 bridgehead atoms. The van der Waals surface area contributed by atoms with Crippen molar-refractivity contribution in [3.63, 3.8) is 0 Å². The summed E-state index contributed by atoms with van der Waals surface area (Å²) >= 11 is 0. The van der Waals surface area contributed by atoms with Crippen molar-refractivity contribution in [1.82, 2.24) is 0 Å². The van der Waals surface area contributed by atoms with Gasteiger partial charge in [0, 0.05) is 18.8 Å². The largest absolute Gasteiger partial charge is 0.399 e. The first-order valence-corrected chi connectivity index (χ1v) is 5.07. The van der Waals surface area contributed by atoms with Gasteiger partial charge in [0.1, 0.15) is 5.82 Å². The smallest absolute Gasteiger partial charge is 0.148 e. The molecule has 2 N–H and O–H groups in total. The van der Waals surface area contributed by atoms with Gasteiger partial charge in [-0.2, -0.15) is 0 Å². The molecule has 15 heavy (non-hydrogen) atoms. The molecule has 0 atom stereocenters. The van der Waals surface area contributed by atoms with E-state index < -0.39 is 0 Å². The van der Waals surface area contributed by atoms with E-state index in [1.165, 1.54) is 12.5 Å². The molecule has 2 nitrogen and oxygen atoms in total. The van der Waals surface area contributed by atoms with Gasteiger partial charge in [-0.1, -0.05) is 0 Å². The number of anilines is 2. The van der Waals surface area contributed by atoms with Crippen molar-refractivity contribution in [3.05, 3.63) is 24.0 Å². The molecule has 0 radical (unpaired) electrons. The lowest BCUT2D eigenvalue weighted by atomic mass is 10.1. The maximum absolute atomic E-state index is 13.5. The van der Waals surface area contributed by atoms with Crippen LogP contribution < -0.4 is 10.6 Å². The van der Waals surface area contributed by atoms with Gasteiger partial charge in [-0.3, -0.25) is 0 Å². The monoisotopic (exact) mass is 230 g/mol. The van der Waals surface area contributed by atoms with Gasteiger partial charge < -0.3 is 10.6 Å². The van der Waals surface area contributed by atoms with Crippen molar-refractivity contribution in [3.8, 4) is 0 Å². The zero-order valence-corrected chi connectivity index (χ0v) is 9.39. The third-order valence-corrected chi connectivity index (χ3v) is 2.67. The summed E-state index contributed by atoms with van der Waals surface area (Å²) in [6.07, 6.45) is 3.57. The third-order valence-electron chi connectivity index (χ3n) is 2.67. The molecule has 0 spiro atoms. The Labute approximate surface area is 95.7 Å². The van der Waals surface area contributed by atoms with E-state index in [9.17, 15) is 4.39 Å². The maximum atomic E-state index is 13.5. The summed E-state index contributed by atoms with van der Waals surface area (Å²) in [6.45, 7) is 1.92. The molecule has 1 aliphatic rings. The van der Waals surface area contributed by atoms with Gasteiger partial charge in [0.05, 0.1) is 5.69 Å².